The Bertz CT molecular complexity index is 1150. The Labute approximate surface area is 168 Å². The molecule has 0 atom stereocenters. The Morgan fingerprint density at radius 1 is 1.17 bits per heavy atom. The highest BCUT2D eigenvalue weighted by atomic mass is 32.2. The van der Waals surface area contributed by atoms with Crippen LogP contribution in [0.2, 0.25) is 0 Å². The number of methoxy groups -OCH3 is 1. The molecule has 4 rings (SSSR count). The van der Waals surface area contributed by atoms with Gasteiger partial charge in [-0.15, -0.1) is 11.8 Å². The molecule has 150 valence electrons. The maximum atomic E-state index is 13.6. The van der Waals surface area contributed by atoms with Gasteiger partial charge in [-0.2, -0.15) is 18.3 Å². The molecule has 0 aliphatic carbocycles. The van der Waals surface area contributed by atoms with Gasteiger partial charge in [0.15, 0.2) is 5.82 Å². The molecule has 1 aromatic carbocycles. The first-order valence-electron chi connectivity index (χ1n) is 8.56. The van der Waals surface area contributed by atoms with Gasteiger partial charge in [-0.3, -0.25) is 4.68 Å². The number of aromatic amines is 1. The highest BCUT2D eigenvalue weighted by Crippen LogP contribution is 2.40. The Morgan fingerprint density at radius 3 is 2.55 bits per heavy atom. The number of fused-ring (bicyclic) bond motifs is 1. The fraction of sp³-hybridized carbons (Fsp3) is 0.211. The number of H-pyrrole nitrogens is 1. The van der Waals surface area contributed by atoms with E-state index in [0.717, 1.165) is 17.5 Å². The number of pyridine rings is 1. The number of aromatic nitrogens is 5. The van der Waals surface area contributed by atoms with Crippen LogP contribution in [-0.4, -0.2) is 31.8 Å². The van der Waals surface area contributed by atoms with Crippen LogP contribution in [0.1, 0.15) is 11.1 Å². The number of alkyl halides is 3. The molecular weight excluding hydrogens is 403 g/mol. The number of aryl methyl sites for hydroxylation is 1. The first-order chi connectivity index (χ1) is 13.8. The van der Waals surface area contributed by atoms with E-state index in [1.807, 2.05) is 24.3 Å². The minimum atomic E-state index is -4.57. The SMILES string of the molecule is COc1ccc(CSc2cc3c(-c4ncn(C)n4)c(C(F)(F)F)cnc3[nH]2)cc1. The number of nitrogens with one attached hydrogen (secondary N) is 1. The summed E-state index contributed by atoms with van der Waals surface area (Å²) in [5.74, 6) is 1.42. The van der Waals surface area contributed by atoms with Crippen molar-refractivity contribution in [1.29, 1.82) is 0 Å². The Hall–Kier alpha value is -3.01. The van der Waals surface area contributed by atoms with Crippen LogP contribution in [0.15, 0.2) is 47.9 Å². The summed E-state index contributed by atoms with van der Waals surface area (Å²) < 4.78 is 47.2. The second-order valence-corrected chi connectivity index (χ2v) is 7.34. The molecule has 0 spiro atoms. The lowest BCUT2D eigenvalue weighted by molar-refractivity contribution is -0.137. The lowest BCUT2D eigenvalue weighted by Crippen LogP contribution is -2.09. The molecule has 1 N–H and O–H groups in total. The molecule has 4 aromatic rings. The zero-order valence-corrected chi connectivity index (χ0v) is 16.3. The van der Waals surface area contributed by atoms with E-state index >= 15 is 0 Å². The van der Waals surface area contributed by atoms with Crippen LogP contribution in [-0.2, 0) is 19.0 Å². The quantitative estimate of drug-likeness (QED) is 0.476. The molecule has 6 nitrogen and oxygen atoms in total. The molecule has 0 fully saturated rings. The van der Waals surface area contributed by atoms with Gasteiger partial charge in [0.25, 0.3) is 0 Å². The van der Waals surface area contributed by atoms with E-state index in [9.17, 15) is 13.2 Å². The van der Waals surface area contributed by atoms with Crippen molar-refractivity contribution in [3.63, 3.8) is 0 Å². The van der Waals surface area contributed by atoms with Gasteiger partial charge >= 0.3 is 6.18 Å². The molecule has 0 saturated heterocycles. The zero-order valence-electron chi connectivity index (χ0n) is 15.5. The number of rotatable bonds is 5. The minimum absolute atomic E-state index is 0.0120. The van der Waals surface area contributed by atoms with E-state index in [2.05, 4.69) is 20.1 Å². The van der Waals surface area contributed by atoms with Crippen LogP contribution in [0.5, 0.6) is 5.75 Å². The van der Waals surface area contributed by atoms with Gasteiger partial charge in [0.2, 0.25) is 0 Å². The van der Waals surface area contributed by atoms with Crippen molar-refractivity contribution < 1.29 is 17.9 Å². The van der Waals surface area contributed by atoms with Gasteiger partial charge in [0.1, 0.15) is 17.7 Å². The molecule has 0 bridgehead atoms. The van der Waals surface area contributed by atoms with Crippen molar-refractivity contribution in [2.45, 2.75) is 17.0 Å². The van der Waals surface area contributed by atoms with Gasteiger partial charge in [0, 0.05) is 29.9 Å². The molecule has 3 aromatic heterocycles. The van der Waals surface area contributed by atoms with Gasteiger partial charge < -0.3 is 9.72 Å². The number of hydrogen-bond acceptors (Lipinski definition) is 5. The summed E-state index contributed by atoms with van der Waals surface area (Å²) in [6, 6.07) is 9.28. The third-order valence-corrected chi connectivity index (χ3v) is 5.32. The smallest absolute Gasteiger partial charge is 0.418 e. The number of ether oxygens (including phenoxy) is 1. The fourth-order valence-electron chi connectivity index (χ4n) is 2.92. The maximum absolute atomic E-state index is 13.6. The molecule has 0 radical (unpaired) electrons. The third-order valence-electron chi connectivity index (χ3n) is 4.32. The summed E-state index contributed by atoms with van der Waals surface area (Å²) in [5.41, 5.74) is 0.486. The summed E-state index contributed by atoms with van der Waals surface area (Å²) in [5, 5.41) is 5.11. The summed E-state index contributed by atoms with van der Waals surface area (Å²) >= 11 is 1.47. The van der Waals surface area contributed by atoms with Crippen molar-refractivity contribution >= 4 is 22.8 Å². The minimum Gasteiger partial charge on any atom is -0.497 e. The van der Waals surface area contributed by atoms with E-state index < -0.39 is 11.7 Å². The van der Waals surface area contributed by atoms with Crippen molar-refractivity contribution in [3.05, 3.63) is 54.0 Å². The van der Waals surface area contributed by atoms with Crippen molar-refractivity contribution in [2.75, 3.05) is 7.11 Å². The average molecular weight is 419 g/mol. The standard InChI is InChI=1S/C19H16F3N5OS/c1-27-10-24-18(26-27)16-13-7-15(25-17(13)23-8-14(16)19(20,21)22)29-9-11-3-5-12(28-2)6-4-11/h3-8,10H,9H2,1-2H3,(H,23,25). The van der Waals surface area contributed by atoms with Crippen LogP contribution in [0.25, 0.3) is 22.4 Å². The average Bonchev–Trinajstić information content (AvgIpc) is 3.31. The number of hydrogen-bond donors (Lipinski definition) is 1. The van der Waals surface area contributed by atoms with E-state index in [0.29, 0.717) is 21.8 Å². The van der Waals surface area contributed by atoms with E-state index in [1.165, 1.54) is 22.8 Å². The number of nitrogens with zero attached hydrogens (tertiary/aromatic N) is 4. The highest BCUT2D eigenvalue weighted by Gasteiger charge is 2.36. The largest absolute Gasteiger partial charge is 0.497 e. The van der Waals surface area contributed by atoms with Crippen LogP contribution >= 0.6 is 11.8 Å². The topological polar surface area (TPSA) is 68.6 Å². The first-order valence-corrected chi connectivity index (χ1v) is 9.54. The van der Waals surface area contributed by atoms with Gasteiger partial charge in [-0.25, -0.2) is 9.97 Å². The van der Waals surface area contributed by atoms with Crippen molar-refractivity contribution in [1.82, 2.24) is 24.7 Å². The first kappa shape index (κ1) is 19.3. The Balaban J connectivity index is 1.71. The molecule has 0 unspecified atom stereocenters. The van der Waals surface area contributed by atoms with Crippen molar-refractivity contribution in [2.24, 2.45) is 7.05 Å². The molecule has 0 saturated carbocycles. The van der Waals surface area contributed by atoms with Crippen LogP contribution < -0.4 is 4.74 Å². The summed E-state index contributed by atoms with van der Waals surface area (Å²) in [6.07, 6.45) is -2.38. The molecule has 3 heterocycles. The predicted octanol–water partition coefficient (Wildman–Crippen LogP) is 4.68. The molecule has 0 amide bonds. The molecular formula is C19H16F3N5OS. The highest BCUT2D eigenvalue weighted by molar-refractivity contribution is 7.98. The Kier molecular flexibility index (Phi) is 4.95. The second kappa shape index (κ2) is 7.43. The summed E-state index contributed by atoms with van der Waals surface area (Å²) in [7, 11) is 3.21. The van der Waals surface area contributed by atoms with Crippen LogP contribution in [0, 0.1) is 0 Å². The Morgan fingerprint density at radius 2 is 1.93 bits per heavy atom. The van der Waals surface area contributed by atoms with Gasteiger partial charge in [0.05, 0.1) is 17.7 Å². The molecule has 0 aliphatic rings. The van der Waals surface area contributed by atoms with Gasteiger partial charge in [-0.1, -0.05) is 12.1 Å². The number of thioether (sulfide) groups is 1. The monoisotopic (exact) mass is 419 g/mol. The van der Waals surface area contributed by atoms with Crippen LogP contribution in [0.4, 0.5) is 13.2 Å². The van der Waals surface area contributed by atoms with E-state index in [1.54, 1.807) is 20.2 Å². The van der Waals surface area contributed by atoms with Crippen LogP contribution in [0.3, 0.4) is 0 Å². The number of halogens is 3. The third kappa shape index (κ3) is 3.93. The summed E-state index contributed by atoms with van der Waals surface area (Å²) in [4.78, 5) is 11.1. The van der Waals surface area contributed by atoms with E-state index in [-0.39, 0.29) is 11.4 Å². The van der Waals surface area contributed by atoms with Gasteiger partial charge in [-0.05, 0) is 23.8 Å². The predicted molar refractivity (Wildman–Crippen MR) is 104 cm³/mol. The fourth-order valence-corrected chi connectivity index (χ4v) is 3.81. The van der Waals surface area contributed by atoms with Crippen molar-refractivity contribution in [3.8, 4) is 17.1 Å². The molecule has 0 aliphatic heterocycles. The summed E-state index contributed by atoms with van der Waals surface area (Å²) in [6.45, 7) is 0. The maximum Gasteiger partial charge on any atom is 0.418 e. The zero-order chi connectivity index (χ0) is 20.6. The lowest BCUT2D eigenvalue weighted by Gasteiger charge is -2.10. The number of benzene rings is 1. The van der Waals surface area contributed by atoms with E-state index in [4.69, 9.17) is 4.74 Å². The normalized spacial score (nSPS) is 11.9. The molecule has 29 heavy (non-hydrogen) atoms. The lowest BCUT2D eigenvalue weighted by atomic mass is 10.1. The molecule has 10 heteroatoms. The second-order valence-electron chi connectivity index (χ2n) is 6.32.